The molecule has 1 aliphatic carbocycles. The van der Waals surface area contributed by atoms with Crippen LogP contribution in [0.4, 0.5) is 5.69 Å². The summed E-state index contributed by atoms with van der Waals surface area (Å²) in [5.74, 6) is 1.10. The largest absolute Gasteiger partial charge is 0.320 e. The van der Waals surface area contributed by atoms with E-state index in [-0.39, 0.29) is 5.91 Å². The molecule has 2 heterocycles. The Bertz CT molecular complexity index is 653. The Labute approximate surface area is 125 Å². The molecule has 102 valence electrons. The first-order chi connectivity index (χ1) is 9.63. The molecule has 1 saturated carbocycles. The molecule has 0 bridgehead atoms. The minimum Gasteiger partial charge on any atom is -0.320 e. The number of aromatic nitrogens is 3. The predicted molar refractivity (Wildman–Crippen MR) is 78.6 cm³/mol. The van der Waals surface area contributed by atoms with Gasteiger partial charge in [-0.25, -0.2) is 9.97 Å². The number of nitrogens with zero attached hydrogens (tertiary/aromatic N) is 3. The zero-order valence-corrected chi connectivity index (χ0v) is 12.5. The van der Waals surface area contributed by atoms with Crippen molar-refractivity contribution in [3.63, 3.8) is 0 Å². The summed E-state index contributed by atoms with van der Waals surface area (Å²) in [6, 6.07) is 1.82. The second-order valence-electron chi connectivity index (χ2n) is 4.84. The van der Waals surface area contributed by atoms with E-state index in [4.69, 9.17) is 0 Å². The van der Waals surface area contributed by atoms with Crippen LogP contribution < -0.4 is 5.32 Å². The number of nitrogens with one attached hydrogen (secondary N) is 1. The first-order valence-electron chi connectivity index (χ1n) is 6.39. The van der Waals surface area contributed by atoms with E-state index in [0.29, 0.717) is 17.2 Å². The van der Waals surface area contributed by atoms with Crippen molar-refractivity contribution in [1.29, 1.82) is 0 Å². The molecule has 1 N–H and O–H groups in total. The average Bonchev–Trinajstić information content (AvgIpc) is 3.27. The van der Waals surface area contributed by atoms with E-state index in [1.54, 1.807) is 18.6 Å². The maximum Gasteiger partial charge on any atom is 0.258 e. The van der Waals surface area contributed by atoms with Crippen LogP contribution in [0.2, 0.25) is 0 Å². The quantitative estimate of drug-likeness (QED) is 0.937. The van der Waals surface area contributed by atoms with Crippen LogP contribution >= 0.6 is 15.9 Å². The number of aryl methyl sites for hydroxylation is 1. The molecule has 1 fully saturated rings. The highest BCUT2D eigenvalue weighted by atomic mass is 79.9. The van der Waals surface area contributed by atoms with Crippen LogP contribution in [-0.2, 0) is 0 Å². The topological polar surface area (TPSA) is 67.8 Å². The van der Waals surface area contributed by atoms with Gasteiger partial charge in [0.15, 0.2) is 0 Å². The highest BCUT2D eigenvalue weighted by Crippen LogP contribution is 2.37. The summed E-state index contributed by atoms with van der Waals surface area (Å²) < 4.78 is 0.818. The van der Waals surface area contributed by atoms with E-state index in [2.05, 4.69) is 36.2 Å². The van der Waals surface area contributed by atoms with Gasteiger partial charge in [0.2, 0.25) is 0 Å². The average molecular weight is 333 g/mol. The fraction of sp³-hybridized carbons (Fsp3) is 0.286. The van der Waals surface area contributed by atoms with E-state index in [1.165, 1.54) is 0 Å². The zero-order valence-electron chi connectivity index (χ0n) is 10.9. The standard InChI is InChI=1S/C14H13BrN4O/c1-8-12(4-11(15)7-16-8)19-14(20)10-5-17-13(18-6-10)9-2-3-9/h4-7,9H,2-3H2,1H3,(H,19,20). The molecule has 0 spiro atoms. The molecule has 2 aromatic rings. The third kappa shape index (κ3) is 2.85. The monoisotopic (exact) mass is 332 g/mol. The van der Waals surface area contributed by atoms with Crippen LogP contribution in [0.15, 0.2) is 29.1 Å². The van der Waals surface area contributed by atoms with E-state index in [1.807, 2.05) is 13.0 Å². The molecule has 20 heavy (non-hydrogen) atoms. The van der Waals surface area contributed by atoms with Crippen molar-refractivity contribution in [2.75, 3.05) is 5.32 Å². The third-order valence-corrected chi connectivity index (χ3v) is 3.61. The van der Waals surface area contributed by atoms with E-state index in [9.17, 15) is 4.79 Å². The van der Waals surface area contributed by atoms with Crippen molar-refractivity contribution in [1.82, 2.24) is 15.0 Å². The smallest absolute Gasteiger partial charge is 0.258 e. The van der Waals surface area contributed by atoms with Crippen LogP contribution in [0.5, 0.6) is 0 Å². The lowest BCUT2D eigenvalue weighted by Gasteiger charge is -2.08. The molecular weight excluding hydrogens is 320 g/mol. The molecule has 0 radical (unpaired) electrons. The highest BCUT2D eigenvalue weighted by molar-refractivity contribution is 9.10. The number of rotatable bonds is 3. The Morgan fingerprint density at radius 3 is 2.60 bits per heavy atom. The van der Waals surface area contributed by atoms with Gasteiger partial charge in [-0.2, -0.15) is 0 Å². The van der Waals surface area contributed by atoms with Crippen molar-refractivity contribution in [3.8, 4) is 0 Å². The lowest BCUT2D eigenvalue weighted by atomic mass is 10.2. The molecule has 0 unspecified atom stereocenters. The van der Waals surface area contributed by atoms with Crippen LogP contribution in [0.1, 0.15) is 40.6 Å². The second kappa shape index (κ2) is 5.28. The van der Waals surface area contributed by atoms with Crippen molar-refractivity contribution in [2.45, 2.75) is 25.7 Å². The van der Waals surface area contributed by atoms with Crippen molar-refractivity contribution in [3.05, 3.63) is 46.2 Å². The van der Waals surface area contributed by atoms with Crippen LogP contribution in [0.25, 0.3) is 0 Å². The Morgan fingerprint density at radius 1 is 1.25 bits per heavy atom. The van der Waals surface area contributed by atoms with Crippen LogP contribution in [0.3, 0.4) is 0 Å². The molecule has 0 saturated heterocycles. The number of halogens is 1. The summed E-state index contributed by atoms with van der Waals surface area (Å²) in [5, 5.41) is 2.82. The maximum absolute atomic E-state index is 12.1. The lowest BCUT2D eigenvalue weighted by molar-refractivity contribution is 0.102. The Morgan fingerprint density at radius 2 is 1.95 bits per heavy atom. The lowest BCUT2D eigenvalue weighted by Crippen LogP contribution is -2.14. The Balaban J connectivity index is 1.76. The molecule has 0 aromatic carbocycles. The van der Waals surface area contributed by atoms with Gasteiger partial charge in [-0.3, -0.25) is 9.78 Å². The molecule has 1 amide bonds. The number of carbonyl (C=O) groups is 1. The number of carbonyl (C=O) groups excluding carboxylic acids is 1. The van der Waals surface area contributed by atoms with Gasteiger partial charge in [-0.15, -0.1) is 0 Å². The number of anilines is 1. The molecule has 1 aliphatic rings. The molecule has 5 nitrogen and oxygen atoms in total. The second-order valence-corrected chi connectivity index (χ2v) is 5.76. The fourth-order valence-corrected chi connectivity index (χ4v) is 2.17. The molecular formula is C14H13BrN4O. The van der Waals surface area contributed by atoms with Crippen LogP contribution in [0, 0.1) is 6.92 Å². The van der Waals surface area contributed by atoms with Gasteiger partial charge < -0.3 is 5.32 Å². The first kappa shape index (κ1) is 13.2. The van der Waals surface area contributed by atoms with E-state index in [0.717, 1.165) is 28.8 Å². The van der Waals surface area contributed by atoms with E-state index < -0.39 is 0 Å². The SMILES string of the molecule is Cc1ncc(Br)cc1NC(=O)c1cnc(C2CC2)nc1. The molecule has 2 aromatic heterocycles. The van der Waals surface area contributed by atoms with Gasteiger partial charge in [0.1, 0.15) is 5.82 Å². The summed E-state index contributed by atoms with van der Waals surface area (Å²) in [6.07, 6.45) is 7.15. The normalized spacial score (nSPS) is 14.1. The minimum atomic E-state index is -0.227. The van der Waals surface area contributed by atoms with Gasteiger partial charge in [0.25, 0.3) is 5.91 Å². The van der Waals surface area contributed by atoms with Crippen molar-refractivity contribution in [2.24, 2.45) is 0 Å². The fourth-order valence-electron chi connectivity index (χ4n) is 1.84. The Kier molecular flexibility index (Phi) is 3.48. The summed E-state index contributed by atoms with van der Waals surface area (Å²) in [7, 11) is 0. The molecule has 6 heteroatoms. The molecule has 0 aliphatic heterocycles. The zero-order chi connectivity index (χ0) is 14.1. The highest BCUT2D eigenvalue weighted by Gasteiger charge is 2.26. The van der Waals surface area contributed by atoms with Crippen molar-refractivity contribution < 1.29 is 4.79 Å². The number of amides is 1. The summed E-state index contributed by atoms with van der Waals surface area (Å²) in [6.45, 7) is 1.84. The van der Waals surface area contributed by atoms with Gasteiger partial charge in [0.05, 0.1) is 16.9 Å². The van der Waals surface area contributed by atoms with Crippen molar-refractivity contribution >= 4 is 27.5 Å². The van der Waals surface area contributed by atoms with Gasteiger partial charge >= 0.3 is 0 Å². The first-order valence-corrected chi connectivity index (χ1v) is 7.18. The third-order valence-electron chi connectivity index (χ3n) is 3.18. The van der Waals surface area contributed by atoms with E-state index >= 15 is 0 Å². The molecule has 0 atom stereocenters. The molecule has 3 rings (SSSR count). The summed E-state index contributed by atoms with van der Waals surface area (Å²) in [4.78, 5) is 24.8. The summed E-state index contributed by atoms with van der Waals surface area (Å²) >= 11 is 3.34. The Hall–Kier alpha value is -1.82. The minimum absolute atomic E-state index is 0.227. The predicted octanol–water partition coefficient (Wildman–Crippen LogP) is 3.07. The van der Waals surface area contributed by atoms with Gasteiger partial charge in [0, 0.05) is 29.0 Å². The summed E-state index contributed by atoms with van der Waals surface area (Å²) in [5.41, 5.74) is 1.89. The van der Waals surface area contributed by atoms with Crippen LogP contribution in [-0.4, -0.2) is 20.9 Å². The van der Waals surface area contributed by atoms with Gasteiger partial charge in [-0.1, -0.05) is 0 Å². The maximum atomic E-state index is 12.1. The number of hydrogen-bond donors (Lipinski definition) is 1. The van der Waals surface area contributed by atoms with Gasteiger partial charge in [-0.05, 0) is 41.8 Å². The number of pyridine rings is 1. The number of hydrogen-bond acceptors (Lipinski definition) is 4.